The van der Waals surface area contributed by atoms with Crippen molar-refractivity contribution in [1.82, 2.24) is 15.0 Å². The largest absolute Gasteiger partial charge is 0.294 e. The Balaban J connectivity index is 1.53. The van der Waals surface area contributed by atoms with Gasteiger partial charge in [0.25, 0.3) is 0 Å². The molecule has 1 heterocycles. The van der Waals surface area contributed by atoms with E-state index in [-0.39, 0.29) is 23.9 Å². The van der Waals surface area contributed by atoms with Crippen LogP contribution in [0.4, 0.5) is 0 Å². The maximum Gasteiger partial charge on any atom is 0.184 e. The molecule has 0 amide bonds. The zero-order valence-electron chi connectivity index (χ0n) is 20.2. The number of fused-ring (bicyclic) bond motifs is 1. The molecule has 1 aliphatic carbocycles. The smallest absolute Gasteiger partial charge is 0.184 e. The minimum atomic E-state index is -0.658. The molecule has 0 saturated heterocycles. The fraction of sp³-hybridized carbons (Fsp3) is 0.125. The molecule has 4 aromatic carbocycles. The van der Waals surface area contributed by atoms with Crippen molar-refractivity contribution in [2.75, 3.05) is 0 Å². The lowest BCUT2D eigenvalue weighted by atomic mass is 9.85. The van der Waals surface area contributed by atoms with Gasteiger partial charge in [-0.3, -0.25) is 9.59 Å². The van der Waals surface area contributed by atoms with Crippen molar-refractivity contribution in [2.24, 2.45) is 5.92 Å². The molecule has 0 bridgehead atoms. The van der Waals surface area contributed by atoms with Crippen molar-refractivity contribution in [3.05, 3.63) is 138 Å². The Kier molecular flexibility index (Phi) is 6.03. The zero-order chi connectivity index (χ0) is 25.2. The normalized spacial score (nSPS) is 17.5. The first-order valence-electron chi connectivity index (χ1n) is 12.5. The second-order valence-corrected chi connectivity index (χ2v) is 9.35. The lowest BCUT2D eigenvalue weighted by Crippen LogP contribution is -2.26. The molecule has 0 aliphatic heterocycles. The van der Waals surface area contributed by atoms with Crippen LogP contribution in [0.25, 0.3) is 16.6 Å². The summed E-state index contributed by atoms with van der Waals surface area (Å²) in [5.74, 6) is -0.391. The highest BCUT2D eigenvalue weighted by molar-refractivity contribution is 6.12. The van der Waals surface area contributed by atoms with Gasteiger partial charge in [-0.15, -0.1) is 5.10 Å². The number of rotatable bonds is 7. The first kappa shape index (κ1) is 22.8. The van der Waals surface area contributed by atoms with Gasteiger partial charge in [-0.2, -0.15) is 0 Å². The molecule has 0 N–H and O–H groups in total. The van der Waals surface area contributed by atoms with Crippen LogP contribution < -0.4 is 0 Å². The van der Waals surface area contributed by atoms with Gasteiger partial charge in [-0.05, 0) is 28.8 Å². The number of ketones is 2. The van der Waals surface area contributed by atoms with Crippen LogP contribution in [0.15, 0.2) is 121 Å². The maximum atomic E-state index is 14.3. The van der Waals surface area contributed by atoms with Gasteiger partial charge in [0.05, 0.1) is 5.52 Å². The van der Waals surface area contributed by atoms with E-state index < -0.39 is 6.04 Å². The van der Waals surface area contributed by atoms with Gasteiger partial charge in [0.1, 0.15) is 11.6 Å². The van der Waals surface area contributed by atoms with Gasteiger partial charge in [-0.1, -0.05) is 108 Å². The van der Waals surface area contributed by atoms with E-state index in [1.807, 2.05) is 115 Å². The highest BCUT2D eigenvalue weighted by atomic mass is 16.1. The molecule has 0 saturated carbocycles. The number of aromatic nitrogens is 3. The van der Waals surface area contributed by atoms with E-state index in [1.165, 1.54) is 0 Å². The van der Waals surface area contributed by atoms with E-state index in [1.54, 1.807) is 4.68 Å². The Labute approximate surface area is 215 Å². The maximum absolute atomic E-state index is 14.3. The zero-order valence-corrected chi connectivity index (χ0v) is 20.2. The van der Waals surface area contributed by atoms with Crippen molar-refractivity contribution < 1.29 is 9.59 Å². The minimum Gasteiger partial charge on any atom is -0.294 e. The quantitative estimate of drug-likeness (QED) is 0.261. The average Bonchev–Trinajstić information content (AvgIpc) is 3.48. The molecule has 1 aliphatic rings. The molecular weight excluding hydrogens is 458 g/mol. The summed E-state index contributed by atoms with van der Waals surface area (Å²) in [6.07, 6.45) is 0.681. The summed E-state index contributed by atoms with van der Waals surface area (Å²) in [4.78, 5) is 27.9. The van der Waals surface area contributed by atoms with E-state index in [9.17, 15) is 9.59 Å². The molecule has 0 spiro atoms. The van der Waals surface area contributed by atoms with Crippen LogP contribution in [0.1, 0.15) is 33.9 Å². The number of para-hydroxylation sites is 1. The van der Waals surface area contributed by atoms with Crippen molar-refractivity contribution in [3.63, 3.8) is 0 Å². The van der Waals surface area contributed by atoms with E-state index in [0.717, 1.165) is 33.3 Å². The molecule has 5 heteroatoms. The number of Topliss-reactive ketones (excluding diaryl/α,β-unsaturated/α-hetero) is 2. The standard InChI is InChI=1S/C32H25N3O2/c36-29(23-14-6-2-7-15-23)21-25-30(24-16-8-3-9-17-24)26(20-22-12-4-1-5-13-22)32(37)31(25)35-28-19-11-10-18-27(28)33-34-35/h1-19,25,31H,20-21H2. The molecule has 2 unspecified atom stereocenters. The average molecular weight is 484 g/mol. The number of hydrogen-bond acceptors (Lipinski definition) is 4. The second-order valence-electron chi connectivity index (χ2n) is 9.35. The Morgan fingerprint density at radius 1 is 0.757 bits per heavy atom. The number of carbonyl (C=O) groups excluding carboxylic acids is 2. The number of carbonyl (C=O) groups is 2. The van der Waals surface area contributed by atoms with Crippen LogP contribution in [0, 0.1) is 5.92 Å². The van der Waals surface area contributed by atoms with Gasteiger partial charge in [-0.25, -0.2) is 4.68 Å². The minimum absolute atomic E-state index is 0.00205. The van der Waals surface area contributed by atoms with Gasteiger partial charge >= 0.3 is 0 Å². The summed E-state index contributed by atoms with van der Waals surface area (Å²) in [6.45, 7) is 0. The SMILES string of the molecule is O=C(CC1C(c2ccccc2)=C(Cc2ccccc2)C(=O)C1n1nnc2ccccc21)c1ccccc1. The topological polar surface area (TPSA) is 64.8 Å². The van der Waals surface area contributed by atoms with E-state index in [0.29, 0.717) is 12.0 Å². The second kappa shape index (κ2) is 9.78. The number of nitrogens with zero attached hydrogens (tertiary/aromatic N) is 3. The highest BCUT2D eigenvalue weighted by Crippen LogP contribution is 2.47. The number of hydrogen-bond donors (Lipinski definition) is 0. The van der Waals surface area contributed by atoms with Crippen LogP contribution in [0.3, 0.4) is 0 Å². The summed E-state index contributed by atoms with van der Waals surface area (Å²) in [5.41, 5.74) is 5.81. The molecule has 5 aromatic rings. The fourth-order valence-electron chi connectivity index (χ4n) is 5.39. The number of allylic oxidation sites excluding steroid dienone is 2. The highest BCUT2D eigenvalue weighted by Gasteiger charge is 2.45. The molecule has 6 rings (SSSR count). The molecular formula is C32H25N3O2. The summed E-state index contributed by atoms with van der Waals surface area (Å²) in [7, 11) is 0. The molecule has 2 atom stereocenters. The van der Waals surface area contributed by atoms with Gasteiger partial charge < -0.3 is 0 Å². The molecule has 0 fully saturated rings. The predicted molar refractivity (Wildman–Crippen MR) is 144 cm³/mol. The Morgan fingerprint density at radius 2 is 1.38 bits per heavy atom. The lowest BCUT2D eigenvalue weighted by Gasteiger charge is -2.22. The molecule has 180 valence electrons. The molecule has 5 nitrogen and oxygen atoms in total. The third-order valence-electron chi connectivity index (χ3n) is 7.09. The summed E-state index contributed by atoms with van der Waals surface area (Å²) >= 11 is 0. The monoisotopic (exact) mass is 483 g/mol. The lowest BCUT2D eigenvalue weighted by molar-refractivity contribution is -0.118. The van der Waals surface area contributed by atoms with E-state index in [4.69, 9.17) is 0 Å². The molecule has 1 aromatic heterocycles. The van der Waals surface area contributed by atoms with Crippen LogP contribution in [-0.4, -0.2) is 26.6 Å². The Hall–Kier alpha value is -4.64. The van der Waals surface area contributed by atoms with Gasteiger partial charge in [0, 0.05) is 29.9 Å². The molecule has 0 radical (unpaired) electrons. The summed E-state index contributed by atoms with van der Waals surface area (Å²) < 4.78 is 1.72. The van der Waals surface area contributed by atoms with Crippen LogP contribution >= 0.6 is 0 Å². The third kappa shape index (κ3) is 4.29. The van der Waals surface area contributed by atoms with Crippen molar-refractivity contribution >= 4 is 28.2 Å². The number of benzene rings is 4. The first-order chi connectivity index (χ1) is 18.2. The Bertz CT molecular complexity index is 1610. The predicted octanol–water partition coefficient (Wildman–Crippen LogP) is 6.14. The molecule has 37 heavy (non-hydrogen) atoms. The van der Waals surface area contributed by atoms with Crippen LogP contribution in [0.2, 0.25) is 0 Å². The Morgan fingerprint density at radius 3 is 2.11 bits per heavy atom. The van der Waals surface area contributed by atoms with E-state index in [2.05, 4.69) is 10.3 Å². The van der Waals surface area contributed by atoms with Crippen molar-refractivity contribution in [3.8, 4) is 0 Å². The van der Waals surface area contributed by atoms with Gasteiger partial charge in [0.2, 0.25) is 0 Å². The van der Waals surface area contributed by atoms with Crippen LogP contribution in [-0.2, 0) is 11.2 Å². The first-order valence-corrected chi connectivity index (χ1v) is 12.5. The van der Waals surface area contributed by atoms with E-state index >= 15 is 0 Å². The van der Waals surface area contributed by atoms with Crippen molar-refractivity contribution in [1.29, 1.82) is 0 Å². The summed E-state index contributed by atoms with van der Waals surface area (Å²) in [5, 5.41) is 8.77. The van der Waals surface area contributed by atoms with Gasteiger partial charge in [0.15, 0.2) is 11.6 Å². The van der Waals surface area contributed by atoms with Crippen LogP contribution in [0.5, 0.6) is 0 Å². The third-order valence-corrected chi connectivity index (χ3v) is 7.09. The van der Waals surface area contributed by atoms with Crippen molar-refractivity contribution in [2.45, 2.75) is 18.9 Å². The fourth-order valence-corrected chi connectivity index (χ4v) is 5.39. The summed E-state index contributed by atoms with van der Waals surface area (Å²) in [6, 6.07) is 36.2.